The molecular formula is C74H109N13O14. The molecule has 2 aliphatic rings. The Balaban J connectivity index is 1.33. The van der Waals surface area contributed by atoms with Crippen LogP contribution < -0.4 is 59.3 Å². The summed E-state index contributed by atoms with van der Waals surface area (Å²) in [4.78, 5) is 185. The second kappa shape index (κ2) is 39.7. The maximum absolute atomic E-state index is 15.0. The minimum Gasteiger partial charge on any atom is -0.480 e. The van der Waals surface area contributed by atoms with Gasteiger partial charge in [-0.2, -0.15) is 0 Å². The van der Waals surface area contributed by atoms with Gasteiger partial charge < -0.3 is 74.2 Å². The molecule has 2 fully saturated rings. The van der Waals surface area contributed by atoms with Gasteiger partial charge in [-0.3, -0.25) is 57.5 Å². The third kappa shape index (κ3) is 25.7. The van der Waals surface area contributed by atoms with Crippen LogP contribution in [0.1, 0.15) is 151 Å². The Kier molecular flexibility index (Phi) is 32.3. The highest BCUT2D eigenvalue weighted by Crippen LogP contribution is 2.24. The van der Waals surface area contributed by atoms with Crippen LogP contribution in [0.5, 0.6) is 0 Å². The van der Waals surface area contributed by atoms with Crippen molar-refractivity contribution in [3.05, 3.63) is 108 Å². The lowest BCUT2D eigenvalue weighted by Crippen LogP contribution is -2.62. The fourth-order valence-corrected chi connectivity index (χ4v) is 12.5. The number of carboxylic acid groups (broad SMARTS) is 1. The first-order valence-electron chi connectivity index (χ1n) is 35.4. The molecule has 27 heteroatoms. The van der Waals surface area contributed by atoms with E-state index in [1.54, 1.807) is 114 Å². The molecule has 554 valence electrons. The first-order valence-corrected chi connectivity index (χ1v) is 35.4. The Morgan fingerprint density at radius 3 is 1.07 bits per heavy atom. The van der Waals surface area contributed by atoms with E-state index in [0.717, 1.165) is 5.56 Å². The van der Waals surface area contributed by atoms with Gasteiger partial charge in [0.2, 0.25) is 70.9 Å². The van der Waals surface area contributed by atoms with Crippen molar-refractivity contribution in [3.63, 3.8) is 0 Å². The molecule has 2 heterocycles. The van der Waals surface area contributed by atoms with Crippen LogP contribution in [-0.2, 0) is 81.6 Å². The molecule has 14 N–H and O–H groups in total. The second-order valence-corrected chi connectivity index (χ2v) is 29.0. The van der Waals surface area contributed by atoms with Crippen molar-refractivity contribution in [2.75, 3.05) is 13.1 Å². The fraction of sp³-hybridized carbons (Fsp3) is 0.581. The largest absolute Gasteiger partial charge is 0.480 e. The number of carboxylic acids is 1. The number of nitrogens with one attached hydrogen (secondary N) is 9. The fourth-order valence-electron chi connectivity index (χ4n) is 12.5. The molecule has 0 aromatic heterocycles. The average molecular weight is 1400 g/mol. The number of aliphatic carboxylic acids is 1. The Bertz CT molecular complexity index is 3320. The number of carbonyl (C=O) groups is 13. The third-order valence-corrected chi connectivity index (χ3v) is 17.9. The highest BCUT2D eigenvalue weighted by molar-refractivity contribution is 6.00. The van der Waals surface area contributed by atoms with E-state index in [0.29, 0.717) is 30.4 Å². The molecule has 0 radical (unpaired) electrons. The molecule has 12 amide bonds. The summed E-state index contributed by atoms with van der Waals surface area (Å²) in [5.74, 6) is -12.3. The molecule has 2 aliphatic heterocycles. The average Bonchev–Trinajstić information content (AvgIpc) is 1.79. The molecular weight excluding hydrogens is 1290 g/mol. The van der Waals surface area contributed by atoms with Crippen molar-refractivity contribution in [1.82, 2.24) is 57.7 Å². The highest BCUT2D eigenvalue weighted by Gasteiger charge is 2.43. The molecule has 0 bridgehead atoms. The Hall–Kier alpha value is -9.27. The number of amides is 12. The van der Waals surface area contributed by atoms with E-state index in [-0.39, 0.29) is 75.8 Å². The van der Waals surface area contributed by atoms with Crippen LogP contribution in [-0.4, -0.2) is 177 Å². The molecule has 3 aromatic carbocycles. The standard InChI is InChI=1S/C74H109N13O14/c1-41(2)34-50(75)63(89)77-51(37-47-24-16-13-17-25-47)64(90)78-52(38-48-26-18-14-19-27-48)65(91)79-53(39-49-28-20-15-21-29-49)66(92)81-55(35-42(3)4)72(98)86-32-22-30-57(86)68(94)84-62(46(11)12)71(97)85-61(45(9)10)69(95)80-54(40-59(76)88)67(93)83-60(44(7)8)70(96)82-56(36-43(5)6)73(99)87-33-23-31-58(87)74(100)101/h13-21,24-29,41-46,50-58,60-62H,22-23,30-40,75H2,1-12H3,(H2,76,88)(H,77,89)(H,78,90)(H,79,91)(H,80,95)(H,81,92)(H,82,96)(H,83,93)(H,84,94)(H,85,97)(H,100,101)/t50-,51-,52-,53-,54-,55-,56-,57-,58-,60-,61-,62-/m0/s1. The molecule has 0 spiro atoms. The maximum atomic E-state index is 15.0. The van der Waals surface area contributed by atoms with E-state index < -0.39 is 174 Å². The van der Waals surface area contributed by atoms with Gasteiger partial charge in [0.15, 0.2) is 0 Å². The maximum Gasteiger partial charge on any atom is 0.326 e. The first-order chi connectivity index (χ1) is 47.6. The molecule has 27 nitrogen and oxygen atoms in total. The van der Waals surface area contributed by atoms with Gasteiger partial charge in [0, 0.05) is 32.4 Å². The van der Waals surface area contributed by atoms with E-state index in [1.165, 1.54) is 9.80 Å². The summed E-state index contributed by atoms with van der Waals surface area (Å²) < 4.78 is 0. The topological polar surface area (TPSA) is 409 Å². The summed E-state index contributed by atoms with van der Waals surface area (Å²) in [5, 5.41) is 34.6. The number of likely N-dealkylation sites (tertiary alicyclic amines) is 2. The summed E-state index contributed by atoms with van der Waals surface area (Å²) in [7, 11) is 0. The number of hydrogen-bond donors (Lipinski definition) is 12. The van der Waals surface area contributed by atoms with Gasteiger partial charge in [-0.15, -0.1) is 0 Å². The molecule has 0 saturated carbocycles. The van der Waals surface area contributed by atoms with Gasteiger partial charge in [-0.1, -0.05) is 174 Å². The van der Waals surface area contributed by atoms with Gasteiger partial charge in [-0.25, -0.2) is 4.79 Å². The number of nitrogens with zero attached hydrogens (tertiary/aromatic N) is 2. The van der Waals surface area contributed by atoms with Gasteiger partial charge >= 0.3 is 5.97 Å². The predicted octanol–water partition coefficient (Wildman–Crippen LogP) is 2.45. The predicted molar refractivity (Wildman–Crippen MR) is 380 cm³/mol. The smallest absolute Gasteiger partial charge is 0.326 e. The highest BCUT2D eigenvalue weighted by atomic mass is 16.4. The van der Waals surface area contributed by atoms with E-state index in [9.17, 15) is 62.6 Å². The van der Waals surface area contributed by atoms with Crippen LogP contribution in [0, 0.1) is 35.5 Å². The molecule has 0 unspecified atom stereocenters. The van der Waals surface area contributed by atoms with Gasteiger partial charge in [0.05, 0.1) is 12.5 Å². The summed E-state index contributed by atoms with van der Waals surface area (Å²) in [6.07, 6.45) is 1.14. The molecule has 12 atom stereocenters. The normalized spacial score (nSPS) is 17.5. The van der Waals surface area contributed by atoms with E-state index in [4.69, 9.17) is 11.5 Å². The van der Waals surface area contributed by atoms with Crippen LogP contribution >= 0.6 is 0 Å². The van der Waals surface area contributed by atoms with Crippen LogP contribution in [0.15, 0.2) is 91.0 Å². The number of hydrogen-bond acceptors (Lipinski definition) is 14. The van der Waals surface area contributed by atoms with Gasteiger partial charge in [0.1, 0.15) is 66.5 Å². The monoisotopic (exact) mass is 1400 g/mol. The lowest BCUT2D eigenvalue weighted by Gasteiger charge is -2.32. The minimum atomic E-state index is -1.67. The van der Waals surface area contributed by atoms with Crippen LogP contribution in [0.3, 0.4) is 0 Å². The summed E-state index contributed by atoms with van der Waals surface area (Å²) in [5.41, 5.74) is 13.9. The zero-order valence-electron chi connectivity index (χ0n) is 60.5. The number of primary amides is 1. The van der Waals surface area contributed by atoms with Gasteiger partial charge in [-0.05, 0) is 97.1 Å². The van der Waals surface area contributed by atoms with Crippen LogP contribution in [0.25, 0.3) is 0 Å². The molecule has 3 aromatic rings. The zero-order chi connectivity index (χ0) is 74.9. The number of benzene rings is 3. The quantitative estimate of drug-likeness (QED) is 0.0392. The summed E-state index contributed by atoms with van der Waals surface area (Å²) in [6.45, 7) is 21.3. The number of nitrogens with two attached hydrogens (primary N) is 2. The van der Waals surface area contributed by atoms with Gasteiger partial charge in [0.25, 0.3) is 0 Å². The number of carbonyl (C=O) groups excluding carboxylic acids is 12. The lowest BCUT2D eigenvalue weighted by atomic mass is 9.98. The minimum absolute atomic E-state index is 0.0211. The van der Waals surface area contributed by atoms with E-state index >= 15 is 4.79 Å². The third-order valence-electron chi connectivity index (χ3n) is 17.9. The SMILES string of the molecule is CC(C)C[C@H](NC(=O)[C@@H](NC(=O)[C@H](CC(N)=O)NC(=O)[C@@H](NC(=O)[C@@H](NC(=O)[C@@H]1CCCN1C(=O)[C@H](CC(C)C)NC(=O)[C@H](Cc1ccccc1)NC(=O)[C@H](Cc1ccccc1)NC(=O)[C@H](Cc1ccccc1)NC(=O)[C@@H](N)CC(C)C)C(C)C)C(C)C)C(C)C)C(=O)N1CCC[C@H]1C(=O)O. The van der Waals surface area contributed by atoms with Crippen molar-refractivity contribution >= 4 is 76.9 Å². The Labute approximate surface area is 593 Å². The Morgan fingerprint density at radius 2 is 0.703 bits per heavy atom. The lowest BCUT2D eigenvalue weighted by molar-refractivity contribution is -0.149. The van der Waals surface area contributed by atoms with Crippen molar-refractivity contribution in [1.29, 1.82) is 0 Å². The van der Waals surface area contributed by atoms with Crippen LogP contribution in [0.2, 0.25) is 0 Å². The Morgan fingerprint density at radius 1 is 0.396 bits per heavy atom. The van der Waals surface area contributed by atoms with Crippen molar-refractivity contribution < 1.29 is 67.4 Å². The molecule has 0 aliphatic carbocycles. The van der Waals surface area contributed by atoms with Crippen molar-refractivity contribution in [2.24, 2.45) is 47.0 Å². The van der Waals surface area contributed by atoms with E-state index in [2.05, 4.69) is 47.9 Å². The van der Waals surface area contributed by atoms with E-state index in [1.807, 2.05) is 59.7 Å². The zero-order valence-corrected chi connectivity index (χ0v) is 60.5. The second-order valence-electron chi connectivity index (χ2n) is 29.0. The molecule has 5 rings (SSSR count). The summed E-state index contributed by atoms with van der Waals surface area (Å²) >= 11 is 0. The number of rotatable bonds is 38. The van der Waals surface area contributed by atoms with Crippen LogP contribution in [0.4, 0.5) is 0 Å². The van der Waals surface area contributed by atoms with Crippen molar-refractivity contribution in [2.45, 2.75) is 226 Å². The van der Waals surface area contributed by atoms with Crippen molar-refractivity contribution in [3.8, 4) is 0 Å². The molecule has 101 heavy (non-hydrogen) atoms. The summed E-state index contributed by atoms with van der Waals surface area (Å²) in [6, 6.07) is 11.9. The first kappa shape index (κ1) is 82.4. The molecule has 2 saturated heterocycles.